The SMILES string of the molecule is C[C@H](N=Cc1cc([N+](=O)[O-])cc(Br)c1O)C12CC3CC(CC(C3)C1)C2. The summed E-state index contributed by atoms with van der Waals surface area (Å²) >= 11 is 3.19. The van der Waals surface area contributed by atoms with Crippen molar-refractivity contribution in [2.75, 3.05) is 0 Å². The number of benzene rings is 1. The number of nitro groups is 1. The molecule has 4 aliphatic rings. The highest BCUT2D eigenvalue weighted by atomic mass is 79.9. The molecule has 4 saturated carbocycles. The lowest BCUT2D eigenvalue weighted by Crippen LogP contribution is -2.50. The maximum Gasteiger partial charge on any atom is 0.271 e. The number of rotatable bonds is 4. The number of hydrogen-bond donors (Lipinski definition) is 1. The predicted molar refractivity (Wildman–Crippen MR) is 100 cm³/mol. The van der Waals surface area contributed by atoms with Crippen LogP contribution in [0.2, 0.25) is 0 Å². The monoisotopic (exact) mass is 406 g/mol. The molecule has 0 aliphatic heterocycles. The van der Waals surface area contributed by atoms with Crippen molar-refractivity contribution in [3.63, 3.8) is 0 Å². The number of aliphatic imine (C=N–C) groups is 1. The molecule has 1 aromatic rings. The van der Waals surface area contributed by atoms with Gasteiger partial charge in [0.1, 0.15) is 5.75 Å². The Morgan fingerprint density at radius 2 is 1.84 bits per heavy atom. The quantitative estimate of drug-likeness (QED) is 0.429. The van der Waals surface area contributed by atoms with E-state index in [0.717, 1.165) is 17.8 Å². The number of aromatic hydroxyl groups is 1. The van der Waals surface area contributed by atoms with Gasteiger partial charge in [0, 0.05) is 23.9 Å². The molecule has 1 aromatic carbocycles. The molecule has 5 rings (SSSR count). The number of nitrogens with zero attached hydrogens (tertiary/aromatic N) is 2. The van der Waals surface area contributed by atoms with Crippen LogP contribution in [0.15, 0.2) is 21.6 Å². The van der Waals surface area contributed by atoms with E-state index in [9.17, 15) is 15.2 Å². The summed E-state index contributed by atoms with van der Waals surface area (Å²) in [4.78, 5) is 15.3. The Morgan fingerprint density at radius 3 is 2.36 bits per heavy atom. The van der Waals surface area contributed by atoms with Crippen molar-refractivity contribution in [2.24, 2.45) is 28.2 Å². The molecule has 0 spiro atoms. The number of nitro benzene ring substituents is 1. The van der Waals surface area contributed by atoms with Gasteiger partial charge in [0.25, 0.3) is 5.69 Å². The van der Waals surface area contributed by atoms with Crippen LogP contribution in [0.5, 0.6) is 5.75 Å². The van der Waals surface area contributed by atoms with Crippen molar-refractivity contribution in [2.45, 2.75) is 51.5 Å². The Bertz CT molecular complexity index is 711. The summed E-state index contributed by atoms with van der Waals surface area (Å²) in [6, 6.07) is 2.88. The minimum Gasteiger partial charge on any atom is -0.506 e. The fourth-order valence-electron chi connectivity index (χ4n) is 5.85. The maximum absolute atomic E-state index is 11.0. The Morgan fingerprint density at radius 1 is 1.28 bits per heavy atom. The second-order valence-electron chi connectivity index (χ2n) is 8.36. The molecule has 1 atom stereocenters. The highest BCUT2D eigenvalue weighted by Crippen LogP contribution is 2.61. The molecule has 134 valence electrons. The van der Waals surface area contributed by atoms with Crippen molar-refractivity contribution in [3.8, 4) is 5.75 Å². The van der Waals surface area contributed by atoms with Crippen molar-refractivity contribution in [3.05, 3.63) is 32.3 Å². The number of halogens is 1. The zero-order valence-corrected chi connectivity index (χ0v) is 15.9. The average Bonchev–Trinajstić information content (AvgIpc) is 2.54. The summed E-state index contributed by atoms with van der Waals surface area (Å²) in [7, 11) is 0. The summed E-state index contributed by atoms with van der Waals surface area (Å²) in [5.74, 6) is 2.60. The van der Waals surface area contributed by atoms with E-state index in [4.69, 9.17) is 4.99 Å². The molecular weight excluding hydrogens is 384 g/mol. The molecule has 0 heterocycles. The minimum absolute atomic E-state index is 0.00654. The molecule has 4 bridgehead atoms. The zero-order chi connectivity index (χ0) is 17.8. The average molecular weight is 407 g/mol. The van der Waals surface area contributed by atoms with Gasteiger partial charge in [-0.3, -0.25) is 15.1 Å². The number of phenols is 1. The summed E-state index contributed by atoms with van der Waals surface area (Å²) in [5.41, 5.74) is 0.643. The van der Waals surface area contributed by atoms with Crippen LogP contribution in [0.1, 0.15) is 51.0 Å². The van der Waals surface area contributed by atoms with Gasteiger partial charge < -0.3 is 5.11 Å². The normalized spacial score (nSPS) is 34.6. The van der Waals surface area contributed by atoms with Gasteiger partial charge in [-0.05, 0) is 84.5 Å². The molecule has 25 heavy (non-hydrogen) atoms. The molecule has 0 saturated heterocycles. The predicted octanol–water partition coefficient (Wildman–Crippen LogP) is 5.09. The zero-order valence-electron chi connectivity index (χ0n) is 14.3. The van der Waals surface area contributed by atoms with Gasteiger partial charge in [0.15, 0.2) is 0 Å². The third-order valence-corrected chi connectivity index (χ3v) is 7.30. The second-order valence-corrected chi connectivity index (χ2v) is 9.21. The lowest BCUT2D eigenvalue weighted by molar-refractivity contribution is -0.385. The highest BCUT2D eigenvalue weighted by Gasteiger charge is 2.53. The third kappa shape index (κ3) is 2.98. The third-order valence-electron chi connectivity index (χ3n) is 6.70. The first-order chi connectivity index (χ1) is 11.9. The number of non-ortho nitro benzene ring substituents is 1. The minimum atomic E-state index is -0.454. The van der Waals surface area contributed by atoms with Crippen LogP contribution >= 0.6 is 15.9 Å². The van der Waals surface area contributed by atoms with Crippen LogP contribution in [0.25, 0.3) is 0 Å². The van der Waals surface area contributed by atoms with Gasteiger partial charge in [-0.2, -0.15) is 0 Å². The Kier molecular flexibility index (Phi) is 4.13. The topological polar surface area (TPSA) is 75.7 Å². The first-order valence-corrected chi connectivity index (χ1v) is 9.86. The molecule has 0 radical (unpaired) electrons. The molecule has 6 heteroatoms. The van der Waals surface area contributed by atoms with Crippen LogP contribution in [-0.4, -0.2) is 22.3 Å². The van der Waals surface area contributed by atoms with E-state index >= 15 is 0 Å². The Labute approximate surface area is 155 Å². The van der Waals surface area contributed by atoms with Gasteiger partial charge in [-0.1, -0.05) is 0 Å². The summed E-state index contributed by atoms with van der Waals surface area (Å²) < 4.78 is 0.325. The van der Waals surface area contributed by atoms with Gasteiger partial charge in [0.05, 0.1) is 15.4 Å². The van der Waals surface area contributed by atoms with E-state index in [-0.39, 0.29) is 17.5 Å². The summed E-state index contributed by atoms with van der Waals surface area (Å²) in [5, 5.41) is 21.2. The van der Waals surface area contributed by atoms with Crippen molar-refractivity contribution < 1.29 is 10.0 Å². The van der Waals surface area contributed by atoms with Gasteiger partial charge in [0.2, 0.25) is 0 Å². The van der Waals surface area contributed by atoms with E-state index in [0.29, 0.717) is 15.5 Å². The molecule has 0 amide bonds. The first kappa shape index (κ1) is 17.0. The lowest BCUT2D eigenvalue weighted by atomic mass is 9.48. The lowest BCUT2D eigenvalue weighted by Gasteiger charge is -2.58. The fourth-order valence-corrected chi connectivity index (χ4v) is 6.31. The van der Waals surface area contributed by atoms with Crippen LogP contribution in [0, 0.1) is 33.3 Å². The van der Waals surface area contributed by atoms with Crippen molar-refractivity contribution in [1.82, 2.24) is 0 Å². The second kappa shape index (κ2) is 6.08. The van der Waals surface area contributed by atoms with E-state index in [2.05, 4.69) is 22.9 Å². The van der Waals surface area contributed by atoms with Crippen LogP contribution in [0.4, 0.5) is 5.69 Å². The van der Waals surface area contributed by atoms with E-state index in [1.165, 1.54) is 50.7 Å². The largest absolute Gasteiger partial charge is 0.506 e. The fraction of sp³-hybridized carbons (Fsp3) is 0.632. The van der Waals surface area contributed by atoms with Crippen LogP contribution in [0.3, 0.4) is 0 Å². The highest BCUT2D eigenvalue weighted by molar-refractivity contribution is 9.10. The van der Waals surface area contributed by atoms with E-state index in [1.54, 1.807) is 6.21 Å². The van der Waals surface area contributed by atoms with E-state index in [1.807, 2.05) is 0 Å². The number of phenolic OH excluding ortho intramolecular Hbond substituents is 1. The summed E-state index contributed by atoms with van der Waals surface area (Å²) in [6.07, 6.45) is 9.61. The standard InChI is InChI=1S/C19H23BrN2O3/c1-11(19-7-12-2-13(8-19)4-14(3-12)9-19)21-10-15-5-16(22(24)25)6-17(20)18(15)23/h5-6,10-14,23H,2-4,7-9H2,1H3/t11-,12?,13?,14?,19?/m0/s1. The molecular formula is C19H23BrN2O3. The molecule has 0 aromatic heterocycles. The van der Waals surface area contributed by atoms with Gasteiger partial charge in [-0.15, -0.1) is 0 Å². The molecule has 0 unspecified atom stereocenters. The molecule has 4 fully saturated rings. The molecule has 4 aliphatic carbocycles. The molecule has 5 nitrogen and oxygen atoms in total. The van der Waals surface area contributed by atoms with Crippen molar-refractivity contribution >= 4 is 27.8 Å². The van der Waals surface area contributed by atoms with Gasteiger partial charge >= 0.3 is 0 Å². The van der Waals surface area contributed by atoms with Gasteiger partial charge in [-0.25, -0.2) is 0 Å². The number of hydrogen-bond acceptors (Lipinski definition) is 4. The Balaban J connectivity index is 1.59. The smallest absolute Gasteiger partial charge is 0.271 e. The molecule has 1 N–H and O–H groups in total. The van der Waals surface area contributed by atoms with Crippen LogP contribution < -0.4 is 0 Å². The van der Waals surface area contributed by atoms with Crippen molar-refractivity contribution in [1.29, 1.82) is 0 Å². The maximum atomic E-state index is 11.0. The van der Waals surface area contributed by atoms with E-state index < -0.39 is 4.92 Å². The van der Waals surface area contributed by atoms with Crippen LogP contribution in [-0.2, 0) is 0 Å². The summed E-state index contributed by atoms with van der Waals surface area (Å²) in [6.45, 7) is 2.17. The first-order valence-electron chi connectivity index (χ1n) is 9.06. The Hall–Kier alpha value is -1.43.